The van der Waals surface area contributed by atoms with Crippen LogP contribution in [0.2, 0.25) is 0 Å². The van der Waals surface area contributed by atoms with Crippen LogP contribution in [0.15, 0.2) is 28.0 Å². The van der Waals surface area contributed by atoms with Crippen molar-refractivity contribution in [3.05, 3.63) is 34.2 Å². The van der Waals surface area contributed by atoms with Crippen LogP contribution in [0, 0.1) is 0 Å². The maximum absolute atomic E-state index is 12.2. The molecule has 0 unspecified atom stereocenters. The van der Waals surface area contributed by atoms with Crippen molar-refractivity contribution in [2.75, 3.05) is 6.54 Å². The van der Waals surface area contributed by atoms with E-state index in [2.05, 4.69) is 27.2 Å². The van der Waals surface area contributed by atoms with E-state index in [-0.39, 0.29) is 11.6 Å². The van der Waals surface area contributed by atoms with Gasteiger partial charge in [-0.05, 0) is 35.4 Å². The molecule has 0 saturated carbocycles. The van der Waals surface area contributed by atoms with Crippen molar-refractivity contribution in [1.82, 2.24) is 20.2 Å². The molecule has 0 aliphatic heterocycles. The summed E-state index contributed by atoms with van der Waals surface area (Å²) in [6.07, 6.45) is 2.54. The molecule has 0 amide bonds. The van der Waals surface area contributed by atoms with Crippen LogP contribution in [0.4, 0.5) is 0 Å². The third-order valence-corrected chi connectivity index (χ3v) is 4.88. The minimum atomic E-state index is -3.56. The number of thiophene rings is 1. The summed E-state index contributed by atoms with van der Waals surface area (Å²) in [5.41, 5.74) is 1.60. The summed E-state index contributed by atoms with van der Waals surface area (Å²) in [6.45, 7) is 3.67. The minimum absolute atomic E-state index is 0.135. The molecule has 0 radical (unpaired) electrons. The van der Waals surface area contributed by atoms with Gasteiger partial charge in [0.1, 0.15) is 0 Å². The van der Waals surface area contributed by atoms with Crippen molar-refractivity contribution in [3.8, 4) is 0 Å². The predicted molar refractivity (Wildman–Crippen MR) is 78.9 cm³/mol. The van der Waals surface area contributed by atoms with Gasteiger partial charge in [-0.2, -0.15) is 16.4 Å². The van der Waals surface area contributed by atoms with Gasteiger partial charge in [0.05, 0.1) is 6.20 Å². The van der Waals surface area contributed by atoms with E-state index < -0.39 is 10.0 Å². The summed E-state index contributed by atoms with van der Waals surface area (Å²) in [7, 11) is -3.56. The summed E-state index contributed by atoms with van der Waals surface area (Å²) in [5.74, 6) is 0. The first-order valence-corrected chi connectivity index (χ1v) is 8.79. The van der Waals surface area contributed by atoms with Crippen LogP contribution in [-0.2, 0) is 23.1 Å². The van der Waals surface area contributed by atoms with Gasteiger partial charge in [-0.3, -0.25) is 5.10 Å². The lowest BCUT2D eigenvalue weighted by molar-refractivity contribution is 0.573. The molecule has 2 aromatic rings. The van der Waals surface area contributed by atoms with E-state index in [1.807, 2.05) is 16.8 Å². The Kier molecular flexibility index (Phi) is 5.30. The van der Waals surface area contributed by atoms with Crippen LogP contribution in [-0.4, -0.2) is 25.2 Å². The normalized spacial score (nSPS) is 11.8. The van der Waals surface area contributed by atoms with Crippen LogP contribution in [0.1, 0.15) is 24.5 Å². The standard InChI is InChI=1S/C12H18N4O2S2/c1-2-4-13-7-11-8-14-16-12(11)20(17,18)15-6-10-3-5-19-9-10/h3,5,8-9,13,15H,2,4,6-7H2,1H3,(H,14,16). The fraction of sp³-hybridized carbons (Fsp3) is 0.417. The molecule has 0 aliphatic carbocycles. The van der Waals surface area contributed by atoms with Crippen LogP contribution in [0.25, 0.3) is 0 Å². The van der Waals surface area contributed by atoms with Crippen molar-refractivity contribution in [1.29, 1.82) is 0 Å². The molecule has 0 saturated heterocycles. The highest BCUT2D eigenvalue weighted by Gasteiger charge is 2.20. The van der Waals surface area contributed by atoms with Gasteiger partial charge in [0.25, 0.3) is 10.0 Å². The number of aromatic nitrogens is 2. The lowest BCUT2D eigenvalue weighted by Crippen LogP contribution is -2.25. The Hall–Kier alpha value is -1.22. The molecule has 3 N–H and O–H groups in total. The highest BCUT2D eigenvalue weighted by atomic mass is 32.2. The van der Waals surface area contributed by atoms with Gasteiger partial charge in [0, 0.05) is 18.7 Å². The Morgan fingerprint density at radius 2 is 2.25 bits per heavy atom. The Morgan fingerprint density at radius 3 is 2.95 bits per heavy atom. The number of aromatic amines is 1. The van der Waals surface area contributed by atoms with Crippen molar-refractivity contribution in [3.63, 3.8) is 0 Å². The number of H-pyrrole nitrogens is 1. The third-order valence-electron chi connectivity index (χ3n) is 2.74. The van der Waals surface area contributed by atoms with Crippen LogP contribution in [0.3, 0.4) is 0 Å². The van der Waals surface area contributed by atoms with Gasteiger partial charge in [0.15, 0.2) is 5.03 Å². The lowest BCUT2D eigenvalue weighted by Gasteiger charge is -2.07. The number of hydrogen-bond donors (Lipinski definition) is 3. The summed E-state index contributed by atoms with van der Waals surface area (Å²) >= 11 is 1.54. The van der Waals surface area contributed by atoms with E-state index in [4.69, 9.17) is 0 Å². The number of nitrogens with one attached hydrogen (secondary N) is 3. The smallest absolute Gasteiger partial charge is 0.258 e. The fourth-order valence-electron chi connectivity index (χ4n) is 1.70. The first kappa shape index (κ1) is 15.2. The molecule has 0 aromatic carbocycles. The molecule has 6 nitrogen and oxygen atoms in total. The second-order valence-corrected chi connectivity index (χ2v) is 6.84. The van der Waals surface area contributed by atoms with Crippen molar-refractivity contribution < 1.29 is 8.42 Å². The number of hydrogen-bond acceptors (Lipinski definition) is 5. The highest BCUT2D eigenvalue weighted by Crippen LogP contribution is 2.13. The molecule has 0 aliphatic rings. The van der Waals surface area contributed by atoms with Crippen molar-refractivity contribution in [2.24, 2.45) is 0 Å². The van der Waals surface area contributed by atoms with Gasteiger partial charge in [-0.1, -0.05) is 6.92 Å². The number of sulfonamides is 1. The van der Waals surface area contributed by atoms with E-state index in [0.717, 1.165) is 18.5 Å². The number of rotatable bonds is 8. The molecule has 0 fully saturated rings. The molecular formula is C12H18N4O2S2. The van der Waals surface area contributed by atoms with Crippen LogP contribution in [0.5, 0.6) is 0 Å². The average molecular weight is 314 g/mol. The molecule has 0 bridgehead atoms. The monoisotopic (exact) mass is 314 g/mol. The average Bonchev–Trinajstić information content (AvgIpc) is 3.08. The molecule has 110 valence electrons. The van der Waals surface area contributed by atoms with E-state index >= 15 is 0 Å². The zero-order chi connectivity index (χ0) is 14.4. The zero-order valence-corrected chi connectivity index (χ0v) is 12.9. The summed E-state index contributed by atoms with van der Waals surface area (Å²) in [5, 5.41) is 13.5. The fourth-order valence-corrected chi connectivity index (χ4v) is 3.51. The highest BCUT2D eigenvalue weighted by molar-refractivity contribution is 7.89. The van der Waals surface area contributed by atoms with E-state index in [9.17, 15) is 8.42 Å². The third kappa shape index (κ3) is 3.89. The quantitative estimate of drug-likeness (QED) is 0.644. The minimum Gasteiger partial charge on any atom is -0.313 e. The van der Waals surface area contributed by atoms with E-state index in [1.165, 1.54) is 11.3 Å². The zero-order valence-electron chi connectivity index (χ0n) is 11.2. The Labute approximate surface area is 122 Å². The first-order valence-electron chi connectivity index (χ1n) is 6.37. The molecule has 8 heteroatoms. The van der Waals surface area contributed by atoms with E-state index in [1.54, 1.807) is 6.20 Å². The molecule has 2 aromatic heterocycles. The largest absolute Gasteiger partial charge is 0.313 e. The maximum Gasteiger partial charge on any atom is 0.258 e. The molecular weight excluding hydrogens is 296 g/mol. The summed E-state index contributed by atoms with van der Waals surface area (Å²) in [4.78, 5) is 0. The molecule has 2 heterocycles. The Bertz CT molecular complexity index is 620. The van der Waals surface area contributed by atoms with Crippen LogP contribution < -0.4 is 10.0 Å². The topological polar surface area (TPSA) is 86.9 Å². The van der Waals surface area contributed by atoms with Crippen molar-refractivity contribution in [2.45, 2.75) is 31.5 Å². The predicted octanol–water partition coefficient (Wildman–Crippen LogP) is 1.45. The molecule has 0 atom stereocenters. The summed E-state index contributed by atoms with van der Waals surface area (Å²) in [6, 6.07) is 1.89. The van der Waals surface area contributed by atoms with Crippen LogP contribution >= 0.6 is 11.3 Å². The Balaban J connectivity index is 2.03. The van der Waals surface area contributed by atoms with Gasteiger partial charge in [-0.15, -0.1) is 0 Å². The lowest BCUT2D eigenvalue weighted by atomic mass is 10.3. The first-order chi connectivity index (χ1) is 9.63. The second-order valence-electron chi connectivity index (χ2n) is 4.36. The van der Waals surface area contributed by atoms with Gasteiger partial charge < -0.3 is 5.32 Å². The SMILES string of the molecule is CCCNCc1cn[nH]c1S(=O)(=O)NCc1ccsc1. The van der Waals surface area contributed by atoms with Crippen molar-refractivity contribution >= 4 is 21.4 Å². The van der Waals surface area contributed by atoms with Gasteiger partial charge in [-0.25, -0.2) is 13.1 Å². The molecule has 20 heavy (non-hydrogen) atoms. The van der Waals surface area contributed by atoms with Gasteiger partial charge in [0.2, 0.25) is 0 Å². The summed E-state index contributed by atoms with van der Waals surface area (Å²) < 4.78 is 27.0. The van der Waals surface area contributed by atoms with Gasteiger partial charge >= 0.3 is 0 Å². The molecule has 0 spiro atoms. The second kappa shape index (κ2) is 6.98. The Morgan fingerprint density at radius 1 is 1.40 bits per heavy atom. The maximum atomic E-state index is 12.2. The molecule has 2 rings (SSSR count). The number of nitrogens with zero attached hydrogens (tertiary/aromatic N) is 1. The van der Waals surface area contributed by atoms with E-state index in [0.29, 0.717) is 12.1 Å².